The van der Waals surface area contributed by atoms with Crippen molar-refractivity contribution in [1.29, 1.82) is 0 Å². The molecule has 0 aliphatic carbocycles. The highest BCUT2D eigenvalue weighted by atomic mass is 16.5. The number of para-hydroxylation sites is 1. The molecule has 0 aliphatic rings. The largest absolute Gasteiger partial charge is 0.481 e. The normalized spacial score (nSPS) is 10.8. The number of urea groups is 1. The number of primary amides is 1. The summed E-state index contributed by atoms with van der Waals surface area (Å²) in [5, 5.41) is 12.3. The number of carboxylic acid groups (broad SMARTS) is 1. The van der Waals surface area contributed by atoms with E-state index in [0.717, 1.165) is 0 Å². The number of benzene rings is 1. The Morgan fingerprint density at radius 3 is 2.72 bits per heavy atom. The Morgan fingerprint density at radius 2 is 2.11 bits per heavy atom. The van der Waals surface area contributed by atoms with Crippen LogP contribution in [0, 0.1) is 0 Å². The fourth-order valence-electron chi connectivity index (χ4n) is 1.23. The topological polar surface area (TPSA) is 114 Å². The molecular weight excluding hydrogens is 238 g/mol. The minimum atomic E-state index is -1.07. The molecule has 96 valence electrons. The average Bonchev–Trinajstić information content (AvgIpc) is 2.33. The Balaban J connectivity index is 2.90. The van der Waals surface area contributed by atoms with Crippen LogP contribution >= 0.6 is 0 Å². The van der Waals surface area contributed by atoms with E-state index < -0.39 is 18.6 Å². The van der Waals surface area contributed by atoms with Gasteiger partial charge in [-0.15, -0.1) is 0 Å². The Morgan fingerprint density at radius 1 is 1.44 bits per heavy atom. The zero-order valence-electron chi connectivity index (χ0n) is 9.71. The fourth-order valence-corrected chi connectivity index (χ4v) is 1.23. The van der Waals surface area contributed by atoms with Crippen molar-refractivity contribution in [2.45, 2.75) is 6.92 Å². The van der Waals surface area contributed by atoms with Crippen LogP contribution in [-0.4, -0.2) is 29.4 Å². The van der Waals surface area contributed by atoms with Gasteiger partial charge in [-0.05, 0) is 19.1 Å². The third-order valence-electron chi connectivity index (χ3n) is 1.96. The number of hydrogen-bond donors (Lipinski definition) is 3. The summed E-state index contributed by atoms with van der Waals surface area (Å²) in [7, 11) is 0. The van der Waals surface area contributed by atoms with Crippen molar-refractivity contribution < 1.29 is 19.4 Å². The molecule has 7 heteroatoms. The maximum Gasteiger partial charge on any atom is 0.341 e. The molecule has 0 bridgehead atoms. The van der Waals surface area contributed by atoms with E-state index in [2.05, 4.69) is 10.5 Å². The van der Waals surface area contributed by atoms with Gasteiger partial charge >= 0.3 is 12.0 Å². The van der Waals surface area contributed by atoms with Crippen LogP contribution in [0.3, 0.4) is 0 Å². The van der Waals surface area contributed by atoms with Crippen LogP contribution in [0.1, 0.15) is 12.5 Å². The molecule has 18 heavy (non-hydrogen) atoms. The molecule has 0 saturated carbocycles. The summed E-state index contributed by atoms with van der Waals surface area (Å²) >= 11 is 0. The second-order valence-electron chi connectivity index (χ2n) is 3.35. The summed E-state index contributed by atoms with van der Waals surface area (Å²) < 4.78 is 5.10. The highest BCUT2D eigenvalue weighted by Crippen LogP contribution is 2.18. The maximum absolute atomic E-state index is 10.5. The van der Waals surface area contributed by atoms with Gasteiger partial charge in [0.2, 0.25) is 0 Å². The molecule has 0 atom stereocenters. The molecule has 0 spiro atoms. The molecule has 0 saturated heterocycles. The van der Waals surface area contributed by atoms with E-state index in [1.54, 1.807) is 31.2 Å². The van der Waals surface area contributed by atoms with Crippen molar-refractivity contribution in [3.8, 4) is 5.75 Å². The van der Waals surface area contributed by atoms with E-state index >= 15 is 0 Å². The zero-order valence-corrected chi connectivity index (χ0v) is 9.71. The van der Waals surface area contributed by atoms with Gasteiger partial charge in [-0.25, -0.2) is 15.0 Å². The second kappa shape index (κ2) is 6.24. The lowest BCUT2D eigenvalue weighted by atomic mass is 10.1. The number of nitrogens with two attached hydrogens (primary N) is 1. The minimum Gasteiger partial charge on any atom is -0.481 e. The molecular formula is C11H13N3O4. The summed E-state index contributed by atoms with van der Waals surface area (Å²) in [6.45, 7) is 1.19. The predicted octanol–water partition coefficient (Wildman–Crippen LogP) is 0.542. The van der Waals surface area contributed by atoms with Crippen LogP contribution in [0.2, 0.25) is 0 Å². The zero-order chi connectivity index (χ0) is 13.5. The van der Waals surface area contributed by atoms with Gasteiger partial charge in [0.15, 0.2) is 6.61 Å². The standard InChI is InChI=1S/C11H13N3O4/c1-7(13-14-11(12)17)8-4-2-3-5-9(8)18-6-10(15)16/h2-5H,6H2,1H3,(H,15,16)(H3,12,14,17). The van der Waals surface area contributed by atoms with Crippen molar-refractivity contribution in [3.63, 3.8) is 0 Å². The highest BCUT2D eigenvalue weighted by molar-refractivity contribution is 6.01. The van der Waals surface area contributed by atoms with E-state index in [0.29, 0.717) is 17.0 Å². The summed E-state index contributed by atoms with van der Waals surface area (Å²) in [5.41, 5.74) is 8.01. The van der Waals surface area contributed by atoms with Gasteiger partial charge < -0.3 is 15.6 Å². The summed E-state index contributed by atoms with van der Waals surface area (Å²) in [6, 6.07) is 5.97. The Kier molecular flexibility index (Phi) is 4.67. The third kappa shape index (κ3) is 4.12. The Hall–Kier alpha value is -2.57. The van der Waals surface area contributed by atoms with Crippen molar-refractivity contribution in [2.24, 2.45) is 10.8 Å². The molecule has 1 aromatic rings. The van der Waals surface area contributed by atoms with Crippen LogP contribution in [-0.2, 0) is 4.79 Å². The molecule has 4 N–H and O–H groups in total. The van der Waals surface area contributed by atoms with Crippen molar-refractivity contribution in [3.05, 3.63) is 29.8 Å². The maximum atomic E-state index is 10.5. The number of hydrazone groups is 1. The number of amides is 2. The number of aliphatic carboxylic acids is 1. The summed E-state index contributed by atoms with van der Waals surface area (Å²) in [4.78, 5) is 21.0. The monoisotopic (exact) mass is 251 g/mol. The minimum absolute atomic E-state index is 0.368. The number of nitrogens with one attached hydrogen (secondary N) is 1. The van der Waals surface area contributed by atoms with E-state index in [1.165, 1.54) is 0 Å². The third-order valence-corrected chi connectivity index (χ3v) is 1.96. The number of ether oxygens (including phenoxy) is 1. The smallest absolute Gasteiger partial charge is 0.341 e. The molecule has 2 amide bonds. The van der Waals surface area contributed by atoms with E-state index in [9.17, 15) is 9.59 Å². The van der Waals surface area contributed by atoms with Crippen molar-refractivity contribution in [1.82, 2.24) is 5.43 Å². The number of nitrogens with zero attached hydrogens (tertiary/aromatic N) is 1. The molecule has 0 aromatic heterocycles. The van der Waals surface area contributed by atoms with Gasteiger partial charge in [-0.1, -0.05) is 12.1 Å². The van der Waals surface area contributed by atoms with Gasteiger partial charge in [0.1, 0.15) is 5.75 Å². The first kappa shape index (κ1) is 13.5. The molecule has 1 aromatic carbocycles. The number of carbonyl (C=O) groups is 2. The fraction of sp³-hybridized carbons (Fsp3) is 0.182. The Labute approximate surface area is 103 Å². The molecule has 0 fully saturated rings. The second-order valence-corrected chi connectivity index (χ2v) is 3.35. The first-order valence-electron chi connectivity index (χ1n) is 5.04. The van der Waals surface area contributed by atoms with E-state index in [1.807, 2.05) is 0 Å². The molecule has 0 heterocycles. The first-order chi connectivity index (χ1) is 8.50. The van der Waals surface area contributed by atoms with Crippen molar-refractivity contribution >= 4 is 17.7 Å². The van der Waals surface area contributed by atoms with Gasteiger partial charge in [0, 0.05) is 5.56 Å². The van der Waals surface area contributed by atoms with Gasteiger partial charge in [-0.3, -0.25) is 0 Å². The number of rotatable bonds is 5. The van der Waals surface area contributed by atoms with Crippen molar-refractivity contribution in [2.75, 3.05) is 6.61 Å². The molecule has 1 rings (SSSR count). The van der Waals surface area contributed by atoms with Crippen LogP contribution in [0.15, 0.2) is 29.4 Å². The van der Waals surface area contributed by atoms with Crippen LogP contribution in [0.5, 0.6) is 5.75 Å². The molecule has 0 unspecified atom stereocenters. The molecule has 0 radical (unpaired) electrons. The van der Waals surface area contributed by atoms with Gasteiger partial charge in [0.05, 0.1) is 5.71 Å². The van der Waals surface area contributed by atoms with Crippen LogP contribution < -0.4 is 15.9 Å². The average molecular weight is 251 g/mol. The lowest BCUT2D eigenvalue weighted by Gasteiger charge is -2.09. The number of hydrogen-bond acceptors (Lipinski definition) is 4. The van der Waals surface area contributed by atoms with E-state index in [-0.39, 0.29) is 0 Å². The number of carboxylic acids is 1. The van der Waals surface area contributed by atoms with Gasteiger partial charge in [-0.2, -0.15) is 5.10 Å². The molecule has 7 nitrogen and oxygen atoms in total. The lowest BCUT2D eigenvalue weighted by molar-refractivity contribution is -0.139. The van der Waals surface area contributed by atoms with Crippen LogP contribution in [0.4, 0.5) is 4.79 Å². The molecule has 0 aliphatic heterocycles. The van der Waals surface area contributed by atoms with Gasteiger partial charge in [0.25, 0.3) is 0 Å². The summed E-state index contributed by atoms with van der Waals surface area (Å²) in [6.07, 6.45) is 0. The lowest BCUT2D eigenvalue weighted by Crippen LogP contribution is -2.25. The highest BCUT2D eigenvalue weighted by Gasteiger charge is 2.08. The summed E-state index contributed by atoms with van der Waals surface area (Å²) in [5.74, 6) is -0.706. The first-order valence-corrected chi connectivity index (χ1v) is 5.04. The quantitative estimate of drug-likeness (QED) is 0.523. The predicted molar refractivity (Wildman–Crippen MR) is 64.5 cm³/mol. The Bertz CT molecular complexity index is 485. The van der Waals surface area contributed by atoms with Crippen LogP contribution in [0.25, 0.3) is 0 Å². The van der Waals surface area contributed by atoms with E-state index in [4.69, 9.17) is 15.6 Å². The SMILES string of the molecule is CC(=NNC(N)=O)c1ccccc1OCC(=O)O. The number of carbonyl (C=O) groups excluding carboxylic acids is 1.